The highest BCUT2D eigenvalue weighted by Gasteiger charge is 2.10. The second-order valence-electron chi connectivity index (χ2n) is 6.24. The summed E-state index contributed by atoms with van der Waals surface area (Å²) in [7, 11) is 1.65. The monoisotopic (exact) mass is 523 g/mol. The molecule has 0 atom stereocenters. The topological polar surface area (TPSA) is 59.1 Å². The van der Waals surface area contributed by atoms with E-state index in [-0.39, 0.29) is 11.8 Å². The lowest BCUT2D eigenvalue weighted by Crippen LogP contribution is -2.14. The molecule has 0 amide bonds. The fourth-order valence-electron chi connectivity index (χ4n) is 2.49. The van der Waals surface area contributed by atoms with E-state index in [1.54, 1.807) is 24.1 Å². The summed E-state index contributed by atoms with van der Waals surface area (Å²) in [6.45, 7) is 4.05. The standard InChI is InChI=1S/C20H19Br2N3O2S/c1-12(2)24-20-25(23-10-14-8-15(21)9-17(22)19(14)26)18(11-28-20)13-4-6-16(27-3)7-5-13/h4-12,26H,1-3H3. The number of hydrogen-bond acceptors (Lipinski definition) is 5. The Bertz CT molecular complexity index is 1070. The number of halogens is 2. The summed E-state index contributed by atoms with van der Waals surface area (Å²) in [5, 5.41) is 17.0. The van der Waals surface area contributed by atoms with E-state index >= 15 is 0 Å². The van der Waals surface area contributed by atoms with Crippen LogP contribution >= 0.6 is 43.2 Å². The molecule has 0 fully saturated rings. The average molecular weight is 525 g/mol. The van der Waals surface area contributed by atoms with E-state index in [0.29, 0.717) is 10.0 Å². The first kappa shape index (κ1) is 20.8. The van der Waals surface area contributed by atoms with Crippen LogP contribution in [-0.4, -0.2) is 29.1 Å². The molecule has 1 heterocycles. The SMILES string of the molecule is COc1ccc(-c2csc(=NC(C)C)n2N=Cc2cc(Br)cc(Br)c2O)cc1. The molecular weight excluding hydrogens is 506 g/mol. The summed E-state index contributed by atoms with van der Waals surface area (Å²) in [6.07, 6.45) is 1.63. The Morgan fingerprint density at radius 2 is 1.89 bits per heavy atom. The van der Waals surface area contributed by atoms with Crippen LogP contribution in [0.25, 0.3) is 11.3 Å². The number of ether oxygens (including phenoxy) is 1. The number of aromatic nitrogens is 1. The van der Waals surface area contributed by atoms with Crippen LogP contribution < -0.4 is 9.54 Å². The lowest BCUT2D eigenvalue weighted by Gasteiger charge is -2.06. The molecule has 3 rings (SSSR count). The predicted octanol–water partition coefficient (Wildman–Crippen LogP) is 5.65. The van der Waals surface area contributed by atoms with Gasteiger partial charge in [-0.1, -0.05) is 15.9 Å². The third-order valence-electron chi connectivity index (χ3n) is 3.81. The Balaban J connectivity index is 2.11. The summed E-state index contributed by atoms with van der Waals surface area (Å²) in [5.74, 6) is 0.932. The van der Waals surface area contributed by atoms with Crippen molar-refractivity contribution >= 4 is 49.4 Å². The van der Waals surface area contributed by atoms with Crippen molar-refractivity contribution in [3.8, 4) is 22.8 Å². The first-order valence-electron chi connectivity index (χ1n) is 8.50. The molecule has 1 aromatic heterocycles. The van der Waals surface area contributed by atoms with Crippen LogP contribution in [0, 0.1) is 0 Å². The molecule has 3 aromatic rings. The van der Waals surface area contributed by atoms with E-state index in [0.717, 1.165) is 26.3 Å². The molecule has 5 nitrogen and oxygen atoms in total. The number of methoxy groups -OCH3 is 1. The van der Waals surface area contributed by atoms with Crippen LogP contribution in [0.15, 0.2) is 60.8 Å². The van der Waals surface area contributed by atoms with Crippen molar-refractivity contribution < 1.29 is 9.84 Å². The summed E-state index contributed by atoms with van der Waals surface area (Å²) < 4.78 is 8.48. The Morgan fingerprint density at radius 1 is 1.18 bits per heavy atom. The van der Waals surface area contributed by atoms with Crippen molar-refractivity contribution in [3.05, 3.63) is 61.1 Å². The zero-order valence-corrected chi connectivity index (χ0v) is 19.5. The van der Waals surface area contributed by atoms with Crippen LogP contribution in [-0.2, 0) is 0 Å². The van der Waals surface area contributed by atoms with Gasteiger partial charge in [0.1, 0.15) is 11.5 Å². The quantitative estimate of drug-likeness (QED) is 0.438. The van der Waals surface area contributed by atoms with Gasteiger partial charge in [-0.25, -0.2) is 4.68 Å². The van der Waals surface area contributed by atoms with Crippen molar-refractivity contribution in [2.75, 3.05) is 7.11 Å². The number of hydrogen-bond donors (Lipinski definition) is 1. The maximum absolute atomic E-state index is 10.3. The van der Waals surface area contributed by atoms with Gasteiger partial charge in [0.25, 0.3) is 0 Å². The van der Waals surface area contributed by atoms with Gasteiger partial charge in [0, 0.05) is 27.0 Å². The number of benzene rings is 2. The summed E-state index contributed by atoms with van der Waals surface area (Å²) in [4.78, 5) is 5.45. The van der Waals surface area contributed by atoms with Crippen LogP contribution in [0.4, 0.5) is 0 Å². The number of phenols is 1. The minimum Gasteiger partial charge on any atom is -0.506 e. The first-order valence-corrected chi connectivity index (χ1v) is 11.0. The third-order valence-corrected chi connectivity index (χ3v) is 5.70. The maximum Gasteiger partial charge on any atom is 0.206 e. The van der Waals surface area contributed by atoms with Crippen molar-refractivity contribution in [3.63, 3.8) is 0 Å². The van der Waals surface area contributed by atoms with E-state index in [1.165, 1.54) is 11.3 Å². The highest BCUT2D eigenvalue weighted by molar-refractivity contribution is 9.11. The Hall–Kier alpha value is -1.90. The smallest absolute Gasteiger partial charge is 0.206 e. The molecule has 0 aliphatic rings. The van der Waals surface area contributed by atoms with E-state index < -0.39 is 0 Å². The Labute approximate surface area is 184 Å². The second-order valence-corrected chi connectivity index (χ2v) is 8.84. The van der Waals surface area contributed by atoms with Crippen molar-refractivity contribution in [2.24, 2.45) is 10.1 Å². The average Bonchev–Trinajstić information content (AvgIpc) is 3.05. The molecule has 0 saturated carbocycles. The Kier molecular flexibility index (Phi) is 6.74. The lowest BCUT2D eigenvalue weighted by molar-refractivity contribution is 0.415. The highest BCUT2D eigenvalue weighted by atomic mass is 79.9. The van der Waals surface area contributed by atoms with Gasteiger partial charge in [-0.15, -0.1) is 11.3 Å². The summed E-state index contributed by atoms with van der Waals surface area (Å²) >= 11 is 8.32. The molecule has 2 aromatic carbocycles. The molecule has 1 N–H and O–H groups in total. The molecule has 28 heavy (non-hydrogen) atoms. The van der Waals surface area contributed by atoms with E-state index in [2.05, 4.69) is 42.0 Å². The van der Waals surface area contributed by atoms with Crippen LogP contribution in [0.5, 0.6) is 11.5 Å². The molecule has 0 spiro atoms. The number of phenolic OH excluding ortho intramolecular Hbond substituents is 1. The molecule has 0 radical (unpaired) electrons. The number of thiazole rings is 1. The van der Waals surface area contributed by atoms with Gasteiger partial charge < -0.3 is 9.84 Å². The number of nitrogens with zero attached hydrogens (tertiary/aromatic N) is 3. The lowest BCUT2D eigenvalue weighted by atomic mass is 10.2. The van der Waals surface area contributed by atoms with Crippen molar-refractivity contribution in [1.29, 1.82) is 0 Å². The molecule has 8 heteroatoms. The molecule has 0 bridgehead atoms. The van der Waals surface area contributed by atoms with Gasteiger partial charge in [0.05, 0.1) is 23.5 Å². The zero-order valence-electron chi connectivity index (χ0n) is 15.6. The van der Waals surface area contributed by atoms with Crippen LogP contribution in [0.1, 0.15) is 19.4 Å². The molecule has 0 saturated heterocycles. The largest absolute Gasteiger partial charge is 0.506 e. The molecule has 0 aliphatic carbocycles. The molecular formula is C20H19Br2N3O2S. The fourth-order valence-corrected chi connectivity index (χ4v) is 4.71. The van der Waals surface area contributed by atoms with Gasteiger partial charge in [0.15, 0.2) is 0 Å². The van der Waals surface area contributed by atoms with Crippen LogP contribution in [0.2, 0.25) is 0 Å². The molecule has 146 valence electrons. The van der Waals surface area contributed by atoms with E-state index in [1.807, 2.05) is 49.6 Å². The van der Waals surface area contributed by atoms with E-state index in [9.17, 15) is 5.11 Å². The molecule has 0 unspecified atom stereocenters. The van der Waals surface area contributed by atoms with Gasteiger partial charge >= 0.3 is 0 Å². The van der Waals surface area contributed by atoms with E-state index in [4.69, 9.17) is 4.74 Å². The number of rotatable bonds is 5. The van der Waals surface area contributed by atoms with Gasteiger partial charge in [-0.3, -0.25) is 4.99 Å². The highest BCUT2D eigenvalue weighted by Crippen LogP contribution is 2.31. The zero-order chi connectivity index (χ0) is 20.3. The third kappa shape index (κ3) is 4.74. The Morgan fingerprint density at radius 3 is 2.54 bits per heavy atom. The van der Waals surface area contributed by atoms with Gasteiger partial charge in [-0.05, 0) is 66.2 Å². The summed E-state index contributed by atoms with van der Waals surface area (Å²) in [6, 6.07) is 11.5. The minimum atomic E-state index is 0.135. The summed E-state index contributed by atoms with van der Waals surface area (Å²) in [5.41, 5.74) is 2.51. The van der Waals surface area contributed by atoms with Gasteiger partial charge in [-0.2, -0.15) is 5.10 Å². The second kappa shape index (κ2) is 9.07. The fraction of sp³-hybridized carbons (Fsp3) is 0.200. The predicted molar refractivity (Wildman–Crippen MR) is 121 cm³/mol. The normalized spacial score (nSPS) is 12.3. The molecule has 0 aliphatic heterocycles. The number of aromatic hydroxyl groups is 1. The maximum atomic E-state index is 10.3. The van der Waals surface area contributed by atoms with Gasteiger partial charge in [0.2, 0.25) is 4.80 Å². The minimum absolute atomic E-state index is 0.135. The first-order chi connectivity index (χ1) is 13.4. The van der Waals surface area contributed by atoms with Crippen molar-refractivity contribution in [1.82, 2.24) is 4.68 Å². The van der Waals surface area contributed by atoms with Crippen LogP contribution in [0.3, 0.4) is 0 Å². The van der Waals surface area contributed by atoms with Crippen molar-refractivity contribution in [2.45, 2.75) is 19.9 Å².